The molecule has 0 spiro atoms. The number of benzene rings is 1. The Hall–Kier alpha value is -1.60. The zero-order valence-corrected chi connectivity index (χ0v) is 12.7. The summed E-state index contributed by atoms with van der Waals surface area (Å²) in [5.41, 5.74) is -1.35. The van der Waals surface area contributed by atoms with E-state index in [9.17, 15) is 14.3 Å². The van der Waals surface area contributed by atoms with E-state index in [4.69, 9.17) is 9.31 Å². The zero-order chi connectivity index (χ0) is 16.0. The van der Waals surface area contributed by atoms with Crippen LogP contribution >= 0.6 is 0 Å². The van der Waals surface area contributed by atoms with Gasteiger partial charge in [-0.05, 0) is 33.8 Å². The summed E-state index contributed by atoms with van der Waals surface area (Å²) in [5.74, 6) is -1.96. The van der Waals surface area contributed by atoms with Crippen molar-refractivity contribution >= 4 is 18.6 Å². The second-order valence-electron chi connectivity index (χ2n) is 5.97. The fraction of sp³-hybridized carbons (Fsp3) is 0.500. The number of aromatic hydroxyl groups is 1. The molecule has 21 heavy (non-hydrogen) atoms. The van der Waals surface area contributed by atoms with Crippen molar-refractivity contribution in [1.29, 1.82) is 0 Å². The van der Waals surface area contributed by atoms with Gasteiger partial charge < -0.3 is 19.2 Å². The van der Waals surface area contributed by atoms with Gasteiger partial charge in [0.25, 0.3) is 0 Å². The second kappa shape index (κ2) is 5.00. The molecule has 1 fully saturated rings. The highest BCUT2D eigenvalue weighted by Crippen LogP contribution is 2.37. The van der Waals surface area contributed by atoms with Crippen molar-refractivity contribution in [1.82, 2.24) is 0 Å². The maximum atomic E-state index is 14.1. The molecule has 0 aliphatic carbocycles. The van der Waals surface area contributed by atoms with E-state index in [-0.39, 0.29) is 11.0 Å². The van der Waals surface area contributed by atoms with Crippen LogP contribution in [-0.4, -0.2) is 36.5 Å². The standard InChI is InChI=1S/C14H18BFO5/c1-13(2)14(3,4)21-15(20-13)9-6-8(12(18)19-5)11(17)7-10(9)16/h6-7,17H,1-5H3. The Morgan fingerprint density at radius 3 is 2.24 bits per heavy atom. The molecule has 0 amide bonds. The minimum absolute atomic E-state index is 0.0480. The molecule has 1 aliphatic heterocycles. The van der Waals surface area contributed by atoms with Crippen LogP contribution in [0.5, 0.6) is 5.75 Å². The van der Waals surface area contributed by atoms with Gasteiger partial charge in [-0.2, -0.15) is 0 Å². The summed E-state index contributed by atoms with van der Waals surface area (Å²) < 4.78 is 30.1. The maximum absolute atomic E-state index is 14.1. The van der Waals surface area contributed by atoms with Crippen molar-refractivity contribution in [2.45, 2.75) is 38.9 Å². The summed E-state index contributed by atoms with van der Waals surface area (Å²) >= 11 is 0. The molecule has 1 aromatic rings. The Morgan fingerprint density at radius 2 is 1.76 bits per heavy atom. The minimum atomic E-state index is -0.959. The fourth-order valence-corrected chi connectivity index (χ4v) is 2.00. The molecule has 2 rings (SSSR count). The van der Waals surface area contributed by atoms with Crippen molar-refractivity contribution < 1.29 is 28.3 Å². The summed E-state index contributed by atoms with van der Waals surface area (Å²) in [6, 6.07) is 2.05. The van der Waals surface area contributed by atoms with E-state index in [1.165, 1.54) is 13.2 Å². The topological polar surface area (TPSA) is 65.0 Å². The van der Waals surface area contributed by atoms with Gasteiger partial charge in [-0.3, -0.25) is 0 Å². The highest BCUT2D eigenvalue weighted by Gasteiger charge is 2.52. The minimum Gasteiger partial charge on any atom is -0.507 e. The van der Waals surface area contributed by atoms with Crippen LogP contribution in [0.1, 0.15) is 38.1 Å². The van der Waals surface area contributed by atoms with Crippen LogP contribution in [-0.2, 0) is 14.0 Å². The van der Waals surface area contributed by atoms with Crippen molar-refractivity contribution in [2.24, 2.45) is 0 Å². The van der Waals surface area contributed by atoms with Crippen LogP contribution < -0.4 is 5.46 Å². The van der Waals surface area contributed by atoms with Crippen molar-refractivity contribution in [3.63, 3.8) is 0 Å². The van der Waals surface area contributed by atoms with Gasteiger partial charge in [0.2, 0.25) is 0 Å². The van der Waals surface area contributed by atoms with Crippen LogP contribution in [0.25, 0.3) is 0 Å². The average Bonchev–Trinajstić information content (AvgIpc) is 2.57. The van der Waals surface area contributed by atoms with Gasteiger partial charge in [0.1, 0.15) is 17.1 Å². The van der Waals surface area contributed by atoms with Crippen molar-refractivity contribution in [2.75, 3.05) is 7.11 Å². The van der Waals surface area contributed by atoms with Gasteiger partial charge in [-0.25, -0.2) is 9.18 Å². The lowest BCUT2D eigenvalue weighted by atomic mass is 9.77. The number of rotatable bonds is 2. The zero-order valence-electron chi connectivity index (χ0n) is 12.7. The highest BCUT2D eigenvalue weighted by atomic mass is 19.1. The number of methoxy groups -OCH3 is 1. The summed E-state index contributed by atoms with van der Waals surface area (Å²) in [6.07, 6.45) is 0. The van der Waals surface area contributed by atoms with Gasteiger partial charge in [0.15, 0.2) is 0 Å². The monoisotopic (exact) mass is 296 g/mol. The van der Waals surface area contributed by atoms with Gasteiger partial charge in [0, 0.05) is 11.5 Å². The maximum Gasteiger partial charge on any atom is 0.497 e. The Labute approximate surface area is 123 Å². The second-order valence-corrected chi connectivity index (χ2v) is 5.97. The van der Waals surface area contributed by atoms with E-state index in [1.807, 2.05) is 27.7 Å². The number of phenolic OH excluding ortho intramolecular Hbond substituents is 1. The molecule has 5 nitrogen and oxygen atoms in total. The van der Waals surface area contributed by atoms with Crippen LogP contribution in [0, 0.1) is 5.82 Å². The largest absolute Gasteiger partial charge is 0.507 e. The quantitative estimate of drug-likeness (QED) is 0.663. The first-order chi connectivity index (χ1) is 9.59. The third-order valence-electron chi connectivity index (χ3n) is 4.03. The molecular weight excluding hydrogens is 278 g/mol. The van der Waals surface area contributed by atoms with E-state index >= 15 is 0 Å². The number of hydrogen-bond donors (Lipinski definition) is 1. The lowest BCUT2D eigenvalue weighted by Crippen LogP contribution is -2.41. The number of ether oxygens (including phenoxy) is 1. The third kappa shape index (κ3) is 2.63. The molecule has 0 unspecified atom stereocenters. The molecule has 1 saturated heterocycles. The Kier molecular flexibility index (Phi) is 3.76. The van der Waals surface area contributed by atoms with E-state index in [1.54, 1.807) is 0 Å². The normalized spacial score (nSPS) is 19.6. The van der Waals surface area contributed by atoms with Gasteiger partial charge >= 0.3 is 13.1 Å². The van der Waals surface area contributed by atoms with Gasteiger partial charge in [-0.1, -0.05) is 0 Å². The molecule has 0 bridgehead atoms. The smallest absolute Gasteiger partial charge is 0.497 e. The first-order valence-corrected chi connectivity index (χ1v) is 6.55. The fourth-order valence-electron chi connectivity index (χ4n) is 2.00. The summed E-state index contributed by atoms with van der Waals surface area (Å²) in [7, 11) is 0.221. The van der Waals surface area contributed by atoms with Crippen molar-refractivity contribution in [3.05, 3.63) is 23.5 Å². The van der Waals surface area contributed by atoms with E-state index in [0.717, 1.165) is 6.07 Å². The molecule has 1 aliphatic rings. The van der Waals surface area contributed by atoms with Crippen molar-refractivity contribution in [3.8, 4) is 5.75 Å². The predicted molar refractivity (Wildman–Crippen MR) is 75.1 cm³/mol. The Bertz CT molecular complexity index is 569. The molecule has 0 saturated carbocycles. The molecule has 7 heteroatoms. The number of halogens is 1. The summed E-state index contributed by atoms with van der Waals surface area (Å²) in [4.78, 5) is 11.6. The van der Waals surface area contributed by atoms with E-state index in [2.05, 4.69) is 4.74 Å². The number of esters is 1. The molecule has 1 N–H and O–H groups in total. The predicted octanol–water partition coefficient (Wildman–Crippen LogP) is 1.62. The number of phenols is 1. The highest BCUT2D eigenvalue weighted by molar-refractivity contribution is 6.62. The molecule has 0 radical (unpaired) electrons. The van der Waals surface area contributed by atoms with Crippen LogP contribution in [0.2, 0.25) is 0 Å². The first kappa shape index (κ1) is 15.8. The third-order valence-corrected chi connectivity index (χ3v) is 4.03. The SMILES string of the molecule is COC(=O)c1cc(B2OC(C)(C)C(C)(C)O2)c(F)cc1O. The number of carbonyl (C=O) groups excluding carboxylic acids is 1. The summed E-state index contributed by atoms with van der Waals surface area (Å²) in [6.45, 7) is 7.36. The molecule has 0 aromatic heterocycles. The lowest BCUT2D eigenvalue weighted by molar-refractivity contribution is 0.00578. The van der Waals surface area contributed by atoms with Gasteiger partial charge in [-0.15, -0.1) is 0 Å². The number of carbonyl (C=O) groups is 1. The first-order valence-electron chi connectivity index (χ1n) is 6.55. The Balaban J connectivity index is 2.44. The Morgan fingerprint density at radius 1 is 1.24 bits per heavy atom. The molecule has 1 heterocycles. The lowest BCUT2D eigenvalue weighted by Gasteiger charge is -2.32. The molecule has 0 atom stereocenters. The molecular formula is C14H18BFO5. The number of hydrogen-bond acceptors (Lipinski definition) is 5. The van der Waals surface area contributed by atoms with Gasteiger partial charge in [0.05, 0.1) is 18.3 Å². The summed E-state index contributed by atoms with van der Waals surface area (Å²) in [5, 5.41) is 9.64. The molecule has 1 aromatic carbocycles. The van der Waals surface area contributed by atoms with E-state index < -0.39 is 35.9 Å². The average molecular weight is 296 g/mol. The van der Waals surface area contributed by atoms with Crippen LogP contribution in [0.4, 0.5) is 4.39 Å². The van der Waals surface area contributed by atoms with E-state index in [0.29, 0.717) is 0 Å². The molecule has 114 valence electrons. The van der Waals surface area contributed by atoms with Crippen LogP contribution in [0.15, 0.2) is 12.1 Å². The van der Waals surface area contributed by atoms with Crippen LogP contribution in [0.3, 0.4) is 0 Å².